The van der Waals surface area contributed by atoms with Crippen molar-refractivity contribution in [1.82, 2.24) is 5.01 Å². The molecule has 25 heavy (non-hydrogen) atoms. The van der Waals surface area contributed by atoms with Crippen molar-refractivity contribution in [3.63, 3.8) is 0 Å². The molecular formula is C18H19N3O4. The molecule has 0 spiro atoms. The summed E-state index contributed by atoms with van der Waals surface area (Å²) >= 11 is 0. The van der Waals surface area contributed by atoms with Crippen LogP contribution in [0, 0.1) is 11.3 Å². The molecule has 0 saturated heterocycles. The second-order valence-electron chi connectivity index (χ2n) is 5.21. The third kappa shape index (κ3) is 4.67. The fourth-order valence-corrected chi connectivity index (χ4v) is 2.27. The smallest absolute Gasteiger partial charge is 0.344 e. The maximum absolute atomic E-state index is 12.4. The molecule has 0 atom stereocenters. The molecule has 1 aromatic carbocycles. The average molecular weight is 341 g/mol. The molecule has 7 heteroatoms. The Morgan fingerprint density at radius 1 is 1.40 bits per heavy atom. The lowest BCUT2D eigenvalue weighted by Gasteiger charge is -2.10. The minimum Gasteiger partial charge on any atom is -0.481 e. The van der Waals surface area contributed by atoms with Crippen molar-refractivity contribution in [1.29, 1.82) is 5.26 Å². The number of ether oxygens (including phenoxy) is 2. The van der Waals surface area contributed by atoms with Crippen molar-refractivity contribution in [2.24, 2.45) is 5.10 Å². The van der Waals surface area contributed by atoms with E-state index in [1.54, 1.807) is 38.1 Å². The summed E-state index contributed by atoms with van der Waals surface area (Å²) in [7, 11) is 0. The molecule has 0 N–H and O–H groups in total. The molecule has 7 nitrogen and oxygen atoms in total. The number of amides is 1. The summed E-state index contributed by atoms with van der Waals surface area (Å²) in [5.74, 6) is -0.241. The maximum atomic E-state index is 12.4. The summed E-state index contributed by atoms with van der Waals surface area (Å²) in [5.41, 5.74) is 1.67. The zero-order valence-electron chi connectivity index (χ0n) is 14.2. The Bertz CT molecular complexity index is 762. The number of carbonyl (C=O) groups is 2. The van der Waals surface area contributed by atoms with Gasteiger partial charge in [-0.3, -0.25) is 4.79 Å². The van der Waals surface area contributed by atoms with E-state index in [0.717, 1.165) is 0 Å². The van der Waals surface area contributed by atoms with Gasteiger partial charge in [-0.25, -0.2) is 9.80 Å². The Kier molecular flexibility index (Phi) is 6.29. The number of rotatable bonds is 7. The lowest BCUT2D eigenvalue weighted by atomic mass is 10.1. The predicted molar refractivity (Wildman–Crippen MR) is 91.6 cm³/mol. The first kappa shape index (κ1) is 18.2. The van der Waals surface area contributed by atoms with E-state index >= 15 is 0 Å². The molecule has 1 aromatic rings. The van der Waals surface area contributed by atoms with Gasteiger partial charge >= 0.3 is 5.97 Å². The summed E-state index contributed by atoms with van der Waals surface area (Å²) in [6.07, 6.45) is 1.89. The number of nitrogens with zero attached hydrogens (tertiary/aromatic N) is 3. The van der Waals surface area contributed by atoms with Crippen molar-refractivity contribution in [3.8, 4) is 11.8 Å². The monoisotopic (exact) mass is 341 g/mol. The number of para-hydroxylation sites is 1. The largest absolute Gasteiger partial charge is 0.481 e. The molecule has 0 fully saturated rings. The Morgan fingerprint density at radius 2 is 2.16 bits per heavy atom. The Morgan fingerprint density at radius 3 is 2.88 bits per heavy atom. The van der Waals surface area contributed by atoms with Gasteiger partial charge in [-0.05, 0) is 26.0 Å². The van der Waals surface area contributed by atoms with E-state index in [1.807, 2.05) is 12.1 Å². The molecule has 0 aliphatic carbocycles. The number of esters is 1. The number of hydrogen-bond acceptors (Lipinski definition) is 6. The van der Waals surface area contributed by atoms with Crippen LogP contribution in [0.5, 0.6) is 5.75 Å². The number of nitriles is 1. The van der Waals surface area contributed by atoms with Crippen molar-refractivity contribution in [2.75, 3.05) is 19.8 Å². The third-order valence-corrected chi connectivity index (χ3v) is 3.43. The van der Waals surface area contributed by atoms with E-state index in [9.17, 15) is 9.59 Å². The molecule has 1 amide bonds. The zero-order valence-corrected chi connectivity index (χ0v) is 14.2. The van der Waals surface area contributed by atoms with Crippen LogP contribution >= 0.6 is 0 Å². The van der Waals surface area contributed by atoms with Crippen molar-refractivity contribution in [3.05, 3.63) is 35.4 Å². The first-order chi connectivity index (χ1) is 12.1. The molecule has 1 aliphatic rings. The number of hydrogen-bond donors (Lipinski definition) is 0. The van der Waals surface area contributed by atoms with E-state index in [2.05, 4.69) is 5.10 Å². The molecule has 1 aliphatic heterocycles. The van der Waals surface area contributed by atoms with Gasteiger partial charge in [0, 0.05) is 5.56 Å². The molecule has 0 bridgehead atoms. The highest BCUT2D eigenvalue weighted by atomic mass is 16.6. The van der Waals surface area contributed by atoms with Crippen LogP contribution in [0.15, 0.2) is 34.9 Å². The number of hydrazone groups is 1. The van der Waals surface area contributed by atoms with Crippen LogP contribution in [-0.4, -0.2) is 42.4 Å². The highest BCUT2D eigenvalue weighted by molar-refractivity contribution is 6.26. The van der Waals surface area contributed by atoms with Gasteiger partial charge < -0.3 is 9.47 Å². The molecular weight excluding hydrogens is 322 g/mol. The fraction of sp³-hybridized carbons (Fsp3) is 0.333. The number of benzene rings is 1. The summed E-state index contributed by atoms with van der Waals surface area (Å²) < 4.78 is 10.3. The van der Waals surface area contributed by atoms with Crippen LogP contribution in [0.2, 0.25) is 0 Å². The van der Waals surface area contributed by atoms with E-state index in [0.29, 0.717) is 22.6 Å². The molecule has 2 rings (SSSR count). The lowest BCUT2D eigenvalue weighted by molar-refractivity contribution is -0.145. The van der Waals surface area contributed by atoms with E-state index < -0.39 is 5.97 Å². The standard InChI is InChI=1S/C18H19N3O4/c1-3-24-17(22)12-25-16-8-5-4-7-14(16)11-15-13(2)20-21(18(15)23)10-6-9-19/h4-5,7-8,11H,3,6,10,12H2,1-2H3/b15-11-. The van der Waals surface area contributed by atoms with E-state index in [4.69, 9.17) is 14.7 Å². The molecule has 1 heterocycles. The average Bonchev–Trinajstić information content (AvgIpc) is 2.87. The van der Waals surface area contributed by atoms with Crippen LogP contribution in [-0.2, 0) is 14.3 Å². The Hall–Kier alpha value is -3.14. The zero-order chi connectivity index (χ0) is 18.2. The highest BCUT2D eigenvalue weighted by Gasteiger charge is 2.27. The van der Waals surface area contributed by atoms with Gasteiger partial charge in [0.15, 0.2) is 6.61 Å². The van der Waals surface area contributed by atoms with Crippen LogP contribution < -0.4 is 4.74 Å². The van der Waals surface area contributed by atoms with Crippen molar-refractivity contribution < 1.29 is 19.1 Å². The highest BCUT2D eigenvalue weighted by Crippen LogP contribution is 2.24. The molecule has 0 saturated carbocycles. The van der Waals surface area contributed by atoms with Gasteiger partial charge in [0.25, 0.3) is 5.91 Å². The van der Waals surface area contributed by atoms with Crippen LogP contribution in [0.4, 0.5) is 0 Å². The van der Waals surface area contributed by atoms with Crippen LogP contribution in [0.25, 0.3) is 6.08 Å². The SMILES string of the molecule is CCOC(=O)COc1ccccc1/C=C1\C(=O)N(CCC#N)N=C1C. The topological polar surface area (TPSA) is 92.0 Å². The van der Waals surface area contributed by atoms with Crippen LogP contribution in [0.1, 0.15) is 25.8 Å². The van der Waals surface area contributed by atoms with Gasteiger partial charge in [-0.2, -0.15) is 10.4 Å². The van der Waals surface area contributed by atoms with Gasteiger partial charge in [0.1, 0.15) is 5.75 Å². The maximum Gasteiger partial charge on any atom is 0.344 e. The Labute approximate surface area is 146 Å². The third-order valence-electron chi connectivity index (χ3n) is 3.43. The predicted octanol–water partition coefficient (Wildman–Crippen LogP) is 2.14. The summed E-state index contributed by atoms with van der Waals surface area (Å²) in [5, 5.41) is 14.1. The van der Waals surface area contributed by atoms with Crippen molar-refractivity contribution >= 4 is 23.7 Å². The molecule has 0 unspecified atom stereocenters. The normalized spacial score (nSPS) is 15.1. The second kappa shape index (κ2) is 8.64. The van der Waals surface area contributed by atoms with Gasteiger partial charge in [0.2, 0.25) is 0 Å². The van der Waals surface area contributed by atoms with Crippen LogP contribution in [0.3, 0.4) is 0 Å². The summed E-state index contributed by atoms with van der Waals surface area (Å²) in [4.78, 5) is 23.9. The second-order valence-corrected chi connectivity index (χ2v) is 5.21. The van der Waals surface area contributed by atoms with Crippen molar-refractivity contribution in [2.45, 2.75) is 20.3 Å². The van der Waals surface area contributed by atoms with Gasteiger partial charge in [-0.15, -0.1) is 0 Å². The first-order valence-corrected chi connectivity index (χ1v) is 7.90. The summed E-state index contributed by atoms with van der Waals surface area (Å²) in [6, 6.07) is 9.08. The van der Waals surface area contributed by atoms with Gasteiger partial charge in [0.05, 0.1) is 36.9 Å². The minimum absolute atomic E-state index is 0.205. The minimum atomic E-state index is -0.456. The summed E-state index contributed by atoms with van der Waals surface area (Å²) in [6.45, 7) is 3.80. The Balaban J connectivity index is 2.18. The van der Waals surface area contributed by atoms with E-state index in [1.165, 1.54) is 5.01 Å². The first-order valence-electron chi connectivity index (χ1n) is 7.90. The van der Waals surface area contributed by atoms with E-state index in [-0.39, 0.29) is 32.1 Å². The molecule has 130 valence electrons. The molecule has 0 radical (unpaired) electrons. The fourth-order valence-electron chi connectivity index (χ4n) is 2.27. The van der Waals surface area contributed by atoms with Gasteiger partial charge in [-0.1, -0.05) is 18.2 Å². The quantitative estimate of drug-likeness (QED) is 0.560. The lowest BCUT2D eigenvalue weighted by Crippen LogP contribution is -2.23. The molecule has 0 aromatic heterocycles. The number of carbonyl (C=O) groups excluding carboxylic acids is 2.